The van der Waals surface area contributed by atoms with Gasteiger partial charge < -0.3 is 10.2 Å². The number of hydrogen-bond acceptors (Lipinski definition) is 4. The summed E-state index contributed by atoms with van der Waals surface area (Å²) >= 11 is 6.01. The Kier molecular flexibility index (Phi) is 10.7. The lowest BCUT2D eigenvalue weighted by atomic mass is 10.1. The topological polar surface area (TPSA) is 86.8 Å². The zero-order valence-corrected chi connectivity index (χ0v) is 24.7. The summed E-state index contributed by atoms with van der Waals surface area (Å²) < 4.78 is 42.5. The van der Waals surface area contributed by atoms with Crippen LogP contribution in [0, 0.1) is 18.7 Å². The summed E-state index contributed by atoms with van der Waals surface area (Å²) in [4.78, 5) is 28.6. The Morgan fingerprint density at radius 1 is 1.00 bits per heavy atom. The summed E-state index contributed by atoms with van der Waals surface area (Å²) in [5.41, 5.74) is 1.80. The molecule has 10 heteroatoms. The molecule has 1 atom stereocenters. The number of anilines is 1. The van der Waals surface area contributed by atoms with Crippen LogP contribution in [-0.2, 0) is 26.2 Å². The second-order valence-corrected chi connectivity index (χ2v) is 12.3. The van der Waals surface area contributed by atoms with Gasteiger partial charge in [-0.25, -0.2) is 12.8 Å². The summed E-state index contributed by atoms with van der Waals surface area (Å²) in [6.07, 6.45) is 0.315. The highest BCUT2D eigenvalue weighted by Gasteiger charge is 2.34. The van der Waals surface area contributed by atoms with Crippen molar-refractivity contribution in [3.05, 3.63) is 94.8 Å². The van der Waals surface area contributed by atoms with Crippen LogP contribution in [0.4, 0.5) is 10.1 Å². The second kappa shape index (κ2) is 13.8. The van der Waals surface area contributed by atoms with Gasteiger partial charge in [-0.15, -0.1) is 0 Å². The fourth-order valence-corrected chi connectivity index (χ4v) is 5.84. The predicted molar refractivity (Wildman–Crippen MR) is 156 cm³/mol. The van der Waals surface area contributed by atoms with E-state index >= 15 is 0 Å². The maximum absolute atomic E-state index is 14.0. The quantitative estimate of drug-likeness (QED) is 0.300. The number of benzene rings is 3. The van der Waals surface area contributed by atoms with Crippen LogP contribution in [0.15, 0.2) is 77.7 Å². The number of hydrogen-bond donors (Lipinski definition) is 1. The minimum Gasteiger partial charge on any atom is -0.354 e. The van der Waals surface area contributed by atoms with Gasteiger partial charge in [0, 0.05) is 13.1 Å². The molecule has 0 aliphatic carbocycles. The Morgan fingerprint density at radius 3 is 2.30 bits per heavy atom. The van der Waals surface area contributed by atoms with Gasteiger partial charge >= 0.3 is 0 Å². The first kappa shape index (κ1) is 31.1. The van der Waals surface area contributed by atoms with Gasteiger partial charge in [-0.1, -0.05) is 80.4 Å². The van der Waals surface area contributed by atoms with Crippen LogP contribution in [0.3, 0.4) is 0 Å². The monoisotopic (exact) mass is 587 g/mol. The number of nitrogens with zero attached hydrogens (tertiary/aromatic N) is 2. The van der Waals surface area contributed by atoms with Crippen molar-refractivity contribution < 1.29 is 22.4 Å². The first-order chi connectivity index (χ1) is 18.9. The third kappa shape index (κ3) is 7.82. The molecule has 1 N–H and O–H groups in total. The van der Waals surface area contributed by atoms with E-state index in [-0.39, 0.29) is 34.0 Å². The van der Waals surface area contributed by atoms with Crippen molar-refractivity contribution in [3.8, 4) is 0 Å². The zero-order chi connectivity index (χ0) is 29.4. The van der Waals surface area contributed by atoms with Crippen molar-refractivity contribution in [2.75, 3.05) is 17.4 Å². The van der Waals surface area contributed by atoms with Crippen LogP contribution in [-0.4, -0.2) is 44.3 Å². The van der Waals surface area contributed by atoms with Crippen LogP contribution >= 0.6 is 11.6 Å². The lowest BCUT2D eigenvalue weighted by Gasteiger charge is -2.33. The first-order valence-corrected chi connectivity index (χ1v) is 14.9. The van der Waals surface area contributed by atoms with Crippen LogP contribution in [0.1, 0.15) is 38.3 Å². The summed E-state index contributed by atoms with van der Waals surface area (Å²) in [6.45, 7) is 7.57. The van der Waals surface area contributed by atoms with Crippen molar-refractivity contribution >= 4 is 39.1 Å². The largest absolute Gasteiger partial charge is 0.354 e. The van der Waals surface area contributed by atoms with Gasteiger partial charge in [0.1, 0.15) is 18.4 Å². The molecule has 0 fully saturated rings. The molecule has 2 amide bonds. The molecule has 40 heavy (non-hydrogen) atoms. The lowest BCUT2D eigenvalue weighted by Crippen LogP contribution is -2.52. The normalized spacial score (nSPS) is 12.2. The van der Waals surface area contributed by atoms with Gasteiger partial charge in [-0.05, 0) is 55.2 Å². The van der Waals surface area contributed by atoms with Gasteiger partial charge in [-0.2, -0.15) is 0 Å². The third-order valence-corrected chi connectivity index (χ3v) is 8.38. The zero-order valence-electron chi connectivity index (χ0n) is 23.1. The first-order valence-electron chi connectivity index (χ1n) is 13.1. The molecule has 0 spiro atoms. The second-order valence-electron chi connectivity index (χ2n) is 10.00. The Bertz CT molecular complexity index is 1430. The van der Waals surface area contributed by atoms with E-state index in [2.05, 4.69) is 5.32 Å². The molecule has 0 aliphatic rings. The van der Waals surface area contributed by atoms with Crippen LogP contribution < -0.4 is 9.62 Å². The number of amides is 2. The molecule has 0 saturated carbocycles. The highest BCUT2D eigenvalue weighted by Crippen LogP contribution is 2.28. The number of nitrogens with one attached hydrogen (secondary N) is 1. The lowest BCUT2D eigenvalue weighted by molar-refractivity contribution is -0.140. The highest BCUT2D eigenvalue weighted by atomic mass is 35.5. The highest BCUT2D eigenvalue weighted by molar-refractivity contribution is 7.92. The molecule has 214 valence electrons. The van der Waals surface area contributed by atoms with Gasteiger partial charge in [0.15, 0.2) is 0 Å². The summed E-state index contributed by atoms with van der Waals surface area (Å²) in [5.74, 6) is -1.42. The van der Waals surface area contributed by atoms with E-state index in [1.807, 2.05) is 45.0 Å². The predicted octanol–water partition coefficient (Wildman–Crippen LogP) is 5.56. The number of halogens is 2. The SMILES string of the molecule is CCC(C(=O)NCC(C)C)N(Cc1cccc(C)c1)C(=O)CN(c1ccc(F)c(Cl)c1)S(=O)(=O)c1ccccc1. The Morgan fingerprint density at radius 2 is 1.70 bits per heavy atom. The molecule has 0 heterocycles. The fourth-order valence-electron chi connectivity index (χ4n) is 4.24. The maximum Gasteiger partial charge on any atom is 0.264 e. The number of carbonyl (C=O) groups is 2. The van der Waals surface area contributed by atoms with Crippen molar-refractivity contribution in [1.82, 2.24) is 10.2 Å². The molecule has 0 saturated heterocycles. The van der Waals surface area contributed by atoms with Gasteiger partial charge in [0.2, 0.25) is 11.8 Å². The van der Waals surface area contributed by atoms with Crippen molar-refractivity contribution in [2.45, 2.75) is 51.6 Å². The molecular weight excluding hydrogens is 553 g/mol. The molecule has 1 unspecified atom stereocenters. The molecule has 0 bridgehead atoms. The summed E-state index contributed by atoms with van der Waals surface area (Å²) in [5, 5.41) is 2.61. The Hall–Kier alpha value is -3.43. The third-order valence-electron chi connectivity index (χ3n) is 6.31. The van der Waals surface area contributed by atoms with Crippen molar-refractivity contribution in [3.63, 3.8) is 0 Å². The Labute approximate surface area is 241 Å². The van der Waals surface area contributed by atoms with Gasteiger partial charge in [0.25, 0.3) is 10.0 Å². The smallest absolute Gasteiger partial charge is 0.264 e. The van der Waals surface area contributed by atoms with Crippen molar-refractivity contribution in [2.24, 2.45) is 5.92 Å². The number of rotatable bonds is 12. The number of aryl methyl sites for hydroxylation is 1. The fraction of sp³-hybridized carbons (Fsp3) is 0.333. The average molecular weight is 588 g/mol. The minimum absolute atomic E-state index is 0.0245. The number of sulfonamides is 1. The van der Waals surface area contributed by atoms with Gasteiger partial charge in [0.05, 0.1) is 15.6 Å². The molecule has 3 aromatic carbocycles. The van der Waals surface area contributed by atoms with E-state index in [9.17, 15) is 22.4 Å². The van der Waals surface area contributed by atoms with E-state index in [1.54, 1.807) is 25.1 Å². The van der Waals surface area contributed by atoms with Crippen LogP contribution in [0.2, 0.25) is 5.02 Å². The van der Waals surface area contributed by atoms with E-state index in [4.69, 9.17) is 11.6 Å². The van der Waals surface area contributed by atoms with E-state index in [0.29, 0.717) is 13.0 Å². The van der Waals surface area contributed by atoms with Crippen LogP contribution in [0.5, 0.6) is 0 Å². The molecule has 0 aromatic heterocycles. The molecule has 3 rings (SSSR count). The maximum atomic E-state index is 14.0. The van der Waals surface area contributed by atoms with Crippen LogP contribution in [0.25, 0.3) is 0 Å². The number of carbonyl (C=O) groups excluding carboxylic acids is 2. The van der Waals surface area contributed by atoms with E-state index < -0.39 is 34.3 Å². The molecule has 0 radical (unpaired) electrons. The average Bonchev–Trinajstić information content (AvgIpc) is 2.92. The molecule has 7 nitrogen and oxygen atoms in total. The standard InChI is InChI=1S/C30H35ClFN3O4S/c1-5-28(30(37)33-18-21(2)3)34(19-23-11-9-10-22(4)16-23)29(36)20-35(24-14-15-27(32)26(31)17-24)40(38,39)25-12-7-6-8-13-25/h6-17,21,28H,5,18-20H2,1-4H3,(H,33,37). The van der Waals surface area contributed by atoms with E-state index in [1.165, 1.54) is 29.2 Å². The molecule has 3 aromatic rings. The Balaban J connectivity index is 2.06. The summed E-state index contributed by atoms with van der Waals surface area (Å²) in [7, 11) is -4.26. The molecule has 0 aliphatic heterocycles. The van der Waals surface area contributed by atoms with Gasteiger partial charge in [-0.3, -0.25) is 13.9 Å². The van der Waals surface area contributed by atoms with Crippen molar-refractivity contribution in [1.29, 1.82) is 0 Å². The minimum atomic E-state index is -4.26. The molecular formula is C30H35ClFN3O4S. The van der Waals surface area contributed by atoms with E-state index in [0.717, 1.165) is 21.5 Å². The summed E-state index contributed by atoms with van der Waals surface area (Å²) in [6, 6.07) is 17.8.